The number of rotatable bonds is 3. The average molecular weight is 273 g/mol. The highest BCUT2D eigenvalue weighted by Gasteiger charge is 2.41. The molecule has 2 aliphatic rings. The first-order valence-corrected chi connectivity index (χ1v) is 8.20. The van der Waals surface area contributed by atoms with Crippen LogP contribution in [0, 0.1) is 12.8 Å². The molecular weight excluding hydrogens is 246 g/mol. The highest BCUT2D eigenvalue weighted by Crippen LogP contribution is 2.42. The van der Waals surface area contributed by atoms with Crippen molar-refractivity contribution in [3.05, 3.63) is 35.4 Å². The molecule has 2 fully saturated rings. The predicted octanol–water partition coefficient (Wildman–Crippen LogP) is 3.47. The number of benzene rings is 1. The van der Waals surface area contributed by atoms with Crippen LogP contribution in [0.25, 0.3) is 0 Å². The van der Waals surface area contributed by atoms with Gasteiger partial charge in [0.25, 0.3) is 0 Å². The van der Waals surface area contributed by atoms with E-state index in [2.05, 4.69) is 36.1 Å². The zero-order chi connectivity index (χ0) is 14.0. The maximum absolute atomic E-state index is 11.3. The summed E-state index contributed by atoms with van der Waals surface area (Å²) in [5.74, 6) is 0.400. The van der Waals surface area contributed by atoms with Crippen molar-refractivity contribution < 1.29 is 5.11 Å². The second-order valence-electron chi connectivity index (χ2n) is 6.74. The van der Waals surface area contributed by atoms with E-state index in [-0.39, 0.29) is 0 Å². The van der Waals surface area contributed by atoms with E-state index in [9.17, 15) is 5.11 Å². The van der Waals surface area contributed by atoms with E-state index in [1.807, 2.05) is 0 Å². The topological polar surface area (TPSA) is 23.5 Å². The van der Waals surface area contributed by atoms with E-state index in [1.54, 1.807) is 0 Å². The summed E-state index contributed by atoms with van der Waals surface area (Å²) in [7, 11) is 0. The minimum Gasteiger partial charge on any atom is -0.385 e. The van der Waals surface area contributed by atoms with Gasteiger partial charge in [0, 0.05) is 12.5 Å². The van der Waals surface area contributed by atoms with Gasteiger partial charge in [-0.25, -0.2) is 0 Å². The van der Waals surface area contributed by atoms with Gasteiger partial charge >= 0.3 is 0 Å². The van der Waals surface area contributed by atoms with Crippen LogP contribution in [0.4, 0.5) is 0 Å². The van der Waals surface area contributed by atoms with E-state index >= 15 is 0 Å². The molecule has 0 spiro atoms. The van der Waals surface area contributed by atoms with Crippen LogP contribution in [0.15, 0.2) is 24.3 Å². The molecule has 1 N–H and O–H groups in total. The number of likely N-dealkylation sites (tertiary alicyclic amines) is 1. The maximum Gasteiger partial charge on any atom is 0.0936 e. The van der Waals surface area contributed by atoms with Crippen LogP contribution in [0.5, 0.6) is 0 Å². The molecule has 2 heteroatoms. The van der Waals surface area contributed by atoms with Gasteiger partial charge in [-0.3, -0.25) is 0 Å². The van der Waals surface area contributed by atoms with Crippen molar-refractivity contribution in [1.29, 1.82) is 0 Å². The van der Waals surface area contributed by atoms with Crippen molar-refractivity contribution in [2.75, 3.05) is 19.6 Å². The van der Waals surface area contributed by atoms with Gasteiger partial charge in [0.15, 0.2) is 0 Å². The number of hydrogen-bond donors (Lipinski definition) is 1. The summed E-state index contributed by atoms with van der Waals surface area (Å²) >= 11 is 0. The van der Waals surface area contributed by atoms with Crippen molar-refractivity contribution in [3.63, 3.8) is 0 Å². The van der Waals surface area contributed by atoms with Crippen LogP contribution in [0.2, 0.25) is 0 Å². The summed E-state index contributed by atoms with van der Waals surface area (Å²) in [4.78, 5) is 2.55. The smallest absolute Gasteiger partial charge is 0.0936 e. The second-order valence-corrected chi connectivity index (χ2v) is 6.74. The largest absolute Gasteiger partial charge is 0.385 e. The van der Waals surface area contributed by atoms with Crippen LogP contribution in [0.1, 0.15) is 49.7 Å². The number of aliphatic hydroxyl groups is 1. The molecule has 2 unspecified atom stereocenters. The standard InChI is InChI=1S/C18H27NO/c1-15-7-9-16(10-8-15)18(20)11-3-2-6-17(18)14-19-12-4-5-13-19/h7-10,17,20H,2-6,11-14H2,1H3. The third kappa shape index (κ3) is 2.77. The first-order chi connectivity index (χ1) is 9.68. The third-order valence-electron chi connectivity index (χ3n) is 5.26. The Kier molecular flexibility index (Phi) is 4.13. The SMILES string of the molecule is Cc1ccc(C2(O)CCCCC2CN2CCCC2)cc1. The van der Waals surface area contributed by atoms with Crippen LogP contribution < -0.4 is 0 Å². The second kappa shape index (κ2) is 5.87. The molecule has 20 heavy (non-hydrogen) atoms. The molecule has 2 atom stereocenters. The average Bonchev–Trinajstić information content (AvgIpc) is 2.95. The molecule has 0 bridgehead atoms. The lowest BCUT2D eigenvalue weighted by atomic mass is 9.71. The Hall–Kier alpha value is -0.860. The first kappa shape index (κ1) is 14.1. The van der Waals surface area contributed by atoms with Gasteiger partial charge < -0.3 is 10.0 Å². The fraction of sp³-hybridized carbons (Fsp3) is 0.667. The first-order valence-electron chi connectivity index (χ1n) is 8.20. The molecule has 3 rings (SSSR count). The number of aryl methyl sites for hydroxylation is 1. The van der Waals surface area contributed by atoms with Crippen LogP contribution in [0.3, 0.4) is 0 Å². The van der Waals surface area contributed by atoms with Crippen LogP contribution in [-0.4, -0.2) is 29.6 Å². The zero-order valence-electron chi connectivity index (χ0n) is 12.6. The summed E-state index contributed by atoms with van der Waals surface area (Å²) in [6.07, 6.45) is 7.17. The Labute approximate surface area is 122 Å². The quantitative estimate of drug-likeness (QED) is 0.911. The van der Waals surface area contributed by atoms with Crippen molar-refractivity contribution in [3.8, 4) is 0 Å². The molecule has 1 aromatic carbocycles. The maximum atomic E-state index is 11.3. The molecular formula is C18H27NO. The van der Waals surface area contributed by atoms with E-state index in [1.165, 1.54) is 44.3 Å². The summed E-state index contributed by atoms with van der Waals surface area (Å²) in [5, 5.41) is 11.3. The molecule has 1 aromatic rings. The lowest BCUT2D eigenvalue weighted by molar-refractivity contribution is -0.0638. The molecule has 2 nitrogen and oxygen atoms in total. The number of nitrogens with zero attached hydrogens (tertiary/aromatic N) is 1. The monoisotopic (exact) mass is 273 g/mol. The molecule has 1 aliphatic carbocycles. The summed E-state index contributed by atoms with van der Waals surface area (Å²) < 4.78 is 0. The van der Waals surface area contributed by atoms with Gasteiger partial charge in [-0.1, -0.05) is 42.7 Å². The van der Waals surface area contributed by atoms with Crippen LogP contribution in [-0.2, 0) is 5.60 Å². The lowest BCUT2D eigenvalue weighted by Crippen LogP contribution is -2.44. The summed E-state index contributed by atoms with van der Waals surface area (Å²) in [5.41, 5.74) is 1.80. The van der Waals surface area contributed by atoms with E-state index in [0.29, 0.717) is 5.92 Å². The van der Waals surface area contributed by atoms with Crippen molar-refractivity contribution in [1.82, 2.24) is 4.90 Å². The molecule has 0 radical (unpaired) electrons. The van der Waals surface area contributed by atoms with Gasteiger partial charge in [-0.2, -0.15) is 0 Å². The zero-order valence-corrected chi connectivity index (χ0v) is 12.6. The molecule has 1 saturated heterocycles. The van der Waals surface area contributed by atoms with E-state index < -0.39 is 5.60 Å². The van der Waals surface area contributed by atoms with Gasteiger partial charge in [0.2, 0.25) is 0 Å². The van der Waals surface area contributed by atoms with Gasteiger partial charge in [0.1, 0.15) is 0 Å². The Morgan fingerprint density at radius 2 is 1.80 bits per heavy atom. The van der Waals surface area contributed by atoms with E-state index in [4.69, 9.17) is 0 Å². The predicted molar refractivity (Wildman–Crippen MR) is 82.7 cm³/mol. The highest BCUT2D eigenvalue weighted by atomic mass is 16.3. The molecule has 1 saturated carbocycles. The van der Waals surface area contributed by atoms with Crippen molar-refractivity contribution in [2.24, 2.45) is 5.92 Å². The molecule has 0 aromatic heterocycles. The third-order valence-corrected chi connectivity index (χ3v) is 5.26. The Morgan fingerprint density at radius 3 is 2.50 bits per heavy atom. The fourth-order valence-corrected chi connectivity index (χ4v) is 3.97. The minimum atomic E-state index is -0.603. The molecule has 1 heterocycles. The van der Waals surface area contributed by atoms with Gasteiger partial charge in [-0.15, -0.1) is 0 Å². The Balaban J connectivity index is 1.80. The van der Waals surface area contributed by atoms with Crippen molar-refractivity contribution in [2.45, 2.75) is 51.0 Å². The van der Waals surface area contributed by atoms with Crippen LogP contribution >= 0.6 is 0 Å². The van der Waals surface area contributed by atoms with Gasteiger partial charge in [0.05, 0.1) is 5.60 Å². The molecule has 110 valence electrons. The summed E-state index contributed by atoms with van der Waals surface area (Å²) in [6, 6.07) is 8.54. The molecule has 1 aliphatic heterocycles. The van der Waals surface area contributed by atoms with E-state index in [0.717, 1.165) is 24.9 Å². The normalized spacial score (nSPS) is 31.6. The Morgan fingerprint density at radius 1 is 1.10 bits per heavy atom. The van der Waals surface area contributed by atoms with Gasteiger partial charge in [-0.05, 0) is 51.3 Å². The fourth-order valence-electron chi connectivity index (χ4n) is 3.97. The van der Waals surface area contributed by atoms with Crippen molar-refractivity contribution >= 4 is 0 Å². The highest BCUT2D eigenvalue weighted by molar-refractivity contribution is 5.28. The minimum absolute atomic E-state index is 0.400. The Bertz CT molecular complexity index is 435. The lowest BCUT2D eigenvalue weighted by Gasteiger charge is -2.42. The molecule has 0 amide bonds. The number of hydrogen-bond acceptors (Lipinski definition) is 2. The summed E-state index contributed by atoms with van der Waals surface area (Å²) in [6.45, 7) is 5.63.